The molecule has 0 spiro atoms. The molecular weight excluding hydrogens is 789 g/mol. The van der Waals surface area contributed by atoms with E-state index in [0.717, 1.165) is 15.7 Å². The van der Waals surface area contributed by atoms with E-state index in [1.165, 1.54) is 0 Å². The Kier molecular flexibility index (Phi) is 11.7. The number of halogens is 4. The van der Waals surface area contributed by atoms with Gasteiger partial charge in [-0.05, 0) is 87.1 Å². The summed E-state index contributed by atoms with van der Waals surface area (Å²) in [5, 5.41) is 6.59. The van der Waals surface area contributed by atoms with Crippen molar-refractivity contribution in [2.75, 3.05) is 13.2 Å². The van der Waals surface area contributed by atoms with E-state index < -0.39 is 98.6 Å². The number of amides is 4. The highest BCUT2D eigenvalue weighted by Gasteiger charge is 2.64. The number of esters is 1. The van der Waals surface area contributed by atoms with Gasteiger partial charge in [-0.1, -0.05) is 56.3 Å². The number of carbonyl (C=O) groups excluding carboxylic acids is 5. The molecule has 18 heteroatoms. The second-order valence-electron chi connectivity index (χ2n) is 16.7. The van der Waals surface area contributed by atoms with Gasteiger partial charge in [-0.3, -0.25) is 19.1 Å². The molecule has 4 aliphatic rings. The first-order valence-electron chi connectivity index (χ1n) is 19.3. The van der Waals surface area contributed by atoms with Crippen molar-refractivity contribution in [3.8, 4) is 0 Å². The average molecular weight is 837 g/mol. The van der Waals surface area contributed by atoms with Crippen molar-refractivity contribution in [3.63, 3.8) is 0 Å². The van der Waals surface area contributed by atoms with Gasteiger partial charge in [0.2, 0.25) is 27.4 Å². The number of nitrogens with one attached hydrogen (secondary N) is 3. The first kappa shape index (κ1) is 42.9. The number of allylic oxidation sites excluding steroid dienone is 1. The number of alkyl carbamates (subject to hydrolysis) is 1. The van der Waals surface area contributed by atoms with E-state index in [4.69, 9.17) is 9.47 Å². The number of benzene rings is 2. The number of alkyl halides is 4. The Morgan fingerprint density at radius 1 is 1.02 bits per heavy atom. The molecule has 2 heterocycles. The van der Waals surface area contributed by atoms with Gasteiger partial charge in [0.1, 0.15) is 35.1 Å². The highest BCUT2D eigenvalue weighted by Crippen LogP contribution is 2.48. The second-order valence-corrected chi connectivity index (χ2v) is 18.8. The Bertz CT molecular complexity index is 2110. The summed E-state index contributed by atoms with van der Waals surface area (Å²) in [5.74, 6) is -5.11. The number of carbonyl (C=O) groups is 5. The maximum Gasteiger partial charge on any atom is 0.427 e. The molecule has 3 fully saturated rings. The number of rotatable bonds is 8. The number of ether oxygens (including phenoxy) is 2. The molecule has 2 aromatic carbocycles. The lowest BCUT2D eigenvalue weighted by Gasteiger charge is -2.34. The summed E-state index contributed by atoms with van der Waals surface area (Å²) in [5.41, 5.74) is -4.54. The number of nitrogens with zero attached hydrogens (tertiary/aromatic N) is 1. The third-order valence-corrected chi connectivity index (χ3v) is 13.9. The summed E-state index contributed by atoms with van der Waals surface area (Å²) < 4.78 is 92.0. The zero-order chi connectivity index (χ0) is 42.4. The van der Waals surface area contributed by atoms with Crippen LogP contribution in [-0.2, 0) is 33.9 Å². The van der Waals surface area contributed by atoms with Gasteiger partial charge in [0.15, 0.2) is 0 Å². The molecule has 7 atom stereocenters. The van der Waals surface area contributed by atoms with E-state index in [0.29, 0.717) is 33.1 Å². The van der Waals surface area contributed by atoms with Crippen LogP contribution < -0.4 is 15.4 Å². The Morgan fingerprint density at radius 3 is 2.36 bits per heavy atom. The maximum absolute atomic E-state index is 14.6. The van der Waals surface area contributed by atoms with Gasteiger partial charge < -0.3 is 25.0 Å². The number of hydrogen-bond donors (Lipinski definition) is 3. The first-order valence-corrected chi connectivity index (χ1v) is 20.8. The minimum atomic E-state index is -4.95. The Hall–Kier alpha value is -4.74. The van der Waals surface area contributed by atoms with Gasteiger partial charge in [-0.2, -0.15) is 13.2 Å². The van der Waals surface area contributed by atoms with E-state index in [-0.39, 0.29) is 43.7 Å². The van der Waals surface area contributed by atoms with Gasteiger partial charge in [0, 0.05) is 12.3 Å². The van der Waals surface area contributed by atoms with E-state index >= 15 is 0 Å². The quantitative estimate of drug-likeness (QED) is 0.183. The predicted octanol–water partition coefficient (Wildman–Crippen LogP) is 5.24. The van der Waals surface area contributed by atoms with Crippen LogP contribution in [0.3, 0.4) is 0 Å². The summed E-state index contributed by atoms with van der Waals surface area (Å²) >= 11 is 0. The molecule has 316 valence electrons. The van der Waals surface area contributed by atoms with Crippen LogP contribution >= 0.6 is 0 Å². The van der Waals surface area contributed by atoms with Gasteiger partial charge in [0.25, 0.3) is 5.91 Å². The van der Waals surface area contributed by atoms with Crippen LogP contribution in [0, 0.1) is 17.8 Å². The molecule has 0 unspecified atom stereocenters. The van der Waals surface area contributed by atoms with Crippen LogP contribution in [-0.4, -0.2) is 96.6 Å². The highest BCUT2D eigenvalue weighted by molar-refractivity contribution is 7.91. The molecule has 2 aliphatic carbocycles. The van der Waals surface area contributed by atoms with Crippen molar-refractivity contribution in [1.82, 2.24) is 20.3 Å². The Labute approximate surface area is 333 Å². The SMILES string of the molecule is C[C@@H]1CCC=C[C@@H]2C[C@@]2(C(=O)NS(=O)(=O)C2(CF)CC2)NC(=O)[C@@H]2C[C@@H](OC(=O)c3ccc4ccccc4c3)CN2C(=O)[C@@H](NC(=O)OC(C)(C)C(F)(F)F)[C@H](C)C1. The molecule has 4 amide bonds. The van der Waals surface area contributed by atoms with E-state index in [9.17, 15) is 50.0 Å². The van der Waals surface area contributed by atoms with Gasteiger partial charge in [-0.25, -0.2) is 22.4 Å². The zero-order valence-corrected chi connectivity index (χ0v) is 33.4. The minimum Gasteiger partial charge on any atom is -0.457 e. The van der Waals surface area contributed by atoms with Crippen LogP contribution in [0.25, 0.3) is 10.8 Å². The zero-order valence-electron chi connectivity index (χ0n) is 32.6. The van der Waals surface area contributed by atoms with Crippen LogP contribution in [0.1, 0.15) is 83.0 Å². The van der Waals surface area contributed by atoms with Crippen LogP contribution in [0.5, 0.6) is 0 Å². The molecule has 1 saturated heterocycles. The Morgan fingerprint density at radius 2 is 1.71 bits per heavy atom. The number of fused-ring (bicyclic) bond motifs is 3. The topological polar surface area (TPSA) is 177 Å². The molecule has 2 saturated carbocycles. The first-order chi connectivity index (χ1) is 27.1. The standard InChI is InChI=1S/C40H48F4N4O9S/c1-23-9-5-8-12-28-20-39(28,35(52)47-58(54,55)38(22-41)15-16-38)46-32(49)30-19-29(56-34(51)27-14-13-25-10-6-7-11-26(25)18-27)21-48(30)33(50)31(24(2)17-23)45-36(53)57-37(3,4)40(42,43)44/h6-8,10-14,18,23-24,28-31H,5,9,15-17,19-22H2,1-4H3,(H,45,53)(H,46,49)(H,47,52)/t23-,24-,28-,29-,30+,31+,39-/m1/s1. The fourth-order valence-electron chi connectivity index (χ4n) is 7.73. The average Bonchev–Trinajstić information content (AvgIpc) is 4.05. The van der Waals surface area contributed by atoms with Crippen molar-refractivity contribution in [3.05, 3.63) is 60.2 Å². The van der Waals surface area contributed by atoms with Crippen LogP contribution in [0.2, 0.25) is 0 Å². The second kappa shape index (κ2) is 15.8. The summed E-state index contributed by atoms with van der Waals surface area (Å²) in [6.07, 6.45) is -3.04. The third-order valence-electron chi connectivity index (χ3n) is 11.8. The molecule has 0 aromatic heterocycles. The third kappa shape index (κ3) is 8.66. The number of sulfonamides is 1. The van der Waals surface area contributed by atoms with E-state index in [1.54, 1.807) is 49.4 Å². The van der Waals surface area contributed by atoms with E-state index in [2.05, 4.69) is 10.6 Å². The van der Waals surface area contributed by atoms with Crippen LogP contribution in [0.15, 0.2) is 54.6 Å². The molecule has 13 nitrogen and oxygen atoms in total. The maximum atomic E-state index is 14.6. The van der Waals surface area contributed by atoms with Gasteiger partial charge in [0.05, 0.1) is 12.1 Å². The van der Waals surface area contributed by atoms with E-state index in [1.807, 2.05) is 23.8 Å². The predicted molar refractivity (Wildman–Crippen MR) is 202 cm³/mol. The molecule has 2 aliphatic heterocycles. The molecule has 0 radical (unpaired) electrons. The molecule has 3 N–H and O–H groups in total. The fraction of sp³-hybridized carbons (Fsp3) is 0.575. The largest absolute Gasteiger partial charge is 0.457 e. The highest BCUT2D eigenvalue weighted by atomic mass is 32.2. The smallest absolute Gasteiger partial charge is 0.427 e. The van der Waals surface area contributed by atoms with Crippen molar-refractivity contribution >= 4 is 50.6 Å². The van der Waals surface area contributed by atoms with Crippen molar-refractivity contribution in [2.24, 2.45) is 17.8 Å². The molecular formula is C40H48F4N4O9S. The normalized spacial score (nSPS) is 28.9. The molecule has 2 aromatic rings. The lowest BCUT2D eigenvalue weighted by Crippen LogP contribution is -2.60. The fourth-order valence-corrected chi connectivity index (χ4v) is 9.16. The van der Waals surface area contributed by atoms with Crippen molar-refractivity contribution < 1.29 is 59.4 Å². The monoisotopic (exact) mass is 836 g/mol. The summed E-state index contributed by atoms with van der Waals surface area (Å²) in [7, 11) is -4.48. The lowest BCUT2D eigenvalue weighted by molar-refractivity contribution is -0.244. The Balaban J connectivity index is 1.32. The van der Waals surface area contributed by atoms with Gasteiger partial charge >= 0.3 is 18.2 Å². The number of hydrogen-bond acceptors (Lipinski definition) is 9. The summed E-state index contributed by atoms with van der Waals surface area (Å²) in [6.45, 7) is 3.25. The minimum absolute atomic E-state index is 0.0142. The van der Waals surface area contributed by atoms with Crippen molar-refractivity contribution in [2.45, 2.75) is 113 Å². The summed E-state index contributed by atoms with van der Waals surface area (Å²) in [6, 6.07) is 9.21. The molecule has 6 rings (SSSR count). The summed E-state index contributed by atoms with van der Waals surface area (Å²) in [4.78, 5) is 70.4. The van der Waals surface area contributed by atoms with Crippen LogP contribution in [0.4, 0.5) is 22.4 Å². The van der Waals surface area contributed by atoms with Crippen molar-refractivity contribution in [1.29, 1.82) is 0 Å². The van der Waals surface area contributed by atoms with Gasteiger partial charge in [-0.15, -0.1) is 0 Å². The molecule has 58 heavy (non-hydrogen) atoms. The molecule has 0 bridgehead atoms. The lowest BCUT2D eigenvalue weighted by atomic mass is 9.88.